The Balaban J connectivity index is 2.66. The van der Waals surface area contributed by atoms with Gasteiger partial charge in [0.25, 0.3) is 0 Å². The molecule has 24 heavy (non-hydrogen) atoms. The van der Waals surface area contributed by atoms with Crippen LogP contribution in [0.5, 0.6) is 0 Å². The molecule has 0 spiro atoms. The summed E-state index contributed by atoms with van der Waals surface area (Å²) in [6.45, 7) is 10.9. The lowest BCUT2D eigenvalue weighted by Crippen LogP contribution is -2.66. The lowest BCUT2D eigenvalue weighted by Gasteiger charge is -2.49. The van der Waals surface area contributed by atoms with Gasteiger partial charge in [-0.05, 0) is 39.7 Å². The molecule has 1 rings (SSSR count). The zero-order valence-electron chi connectivity index (χ0n) is 16.8. The molecule has 0 aliphatic carbocycles. The summed E-state index contributed by atoms with van der Waals surface area (Å²) in [6, 6.07) is 1.10. The van der Waals surface area contributed by atoms with Gasteiger partial charge in [0.1, 0.15) is 5.22 Å². The summed E-state index contributed by atoms with van der Waals surface area (Å²) in [5.74, 6) is 0. The fourth-order valence-electron chi connectivity index (χ4n) is 4.32. The second-order valence-corrected chi connectivity index (χ2v) is 10.6. The van der Waals surface area contributed by atoms with E-state index in [1.165, 1.54) is 57.8 Å². The molecule has 0 saturated carbocycles. The van der Waals surface area contributed by atoms with Crippen molar-refractivity contribution in [2.75, 3.05) is 19.8 Å². The molecule has 3 nitrogen and oxygen atoms in total. The average molecular weight is 359 g/mol. The third-order valence-corrected chi connectivity index (χ3v) is 9.94. The molecule has 0 radical (unpaired) electrons. The van der Waals surface area contributed by atoms with Gasteiger partial charge < -0.3 is 13.6 Å². The Labute approximate surface area is 152 Å². The second-order valence-electron chi connectivity index (χ2n) is 7.12. The fourth-order valence-corrected chi connectivity index (χ4v) is 8.80. The Kier molecular flexibility index (Phi) is 11.5. The SMILES string of the molecule is CCCCCCCCCC1(OCC)CCCC[Si]1(OCC)OCC. The molecule has 0 aromatic rings. The van der Waals surface area contributed by atoms with Crippen molar-refractivity contribution >= 4 is 8.56 Å². The van der Waals surface area contributed by atoms with E-state index in [1.807, 2.05) is 0 Å². The quantitative estimate of drug-likeness (QED) is 0.276. The average Bonchev–Trinajstić information content (AvgIpc) is 2.57. The Hall–Kier alpha value is 0.0969. The van der Waals surface area contributed by atoms with Crippen molar-refractivity contribution in [2.24, 2.45) is 0 Å². The molecule has 0 amide bonds. The van der Waals surface area contributed by atoms with Crippen molar-refractivity contribution in [1.29, 1.82) is 0 Å². The summed E-state index contributed by atoms with van der Waals surface area (Å²) in [5, 5.41) is -0.116. The molecule has 1 unspecified atom stereocenters. The van der Waals surface area contributed by atoms with Crippen LogP contribution in [0.3, 0.4) is 0 Å². The summed E-state index contributed by atoms with van der Waals surface area (Å²) in [7, 11) is -2.29. The first-order valence-electron chi connectivity index (χ1n) is 10.6. The van der Waals surface area contributed by atoms with Crippen LogP contribution in [-0.2, 0) is 13.6 Å². The van der Waals surface area contributed by atoms with E-state index in [4.69, 9.17) is 13.6 Å². The molecule has 1 aliphatic heterocycles. The first-order chi connectivity index (χ1) is 11.7. The van der Waals surface area contributed by atoms with E-state index in [-0.39, 0.29) is 5.22 Å². The monoisotopic (exact) mass is 358 g/mol. The van der Waals surface area contributed by atoms with Gasteiger partial charge in [0.15, 0.2) is 0 Å². The molecule has 0 bridgehead atoms. The molecule has 1 saturated heterocycles. The first-order valence-corrected chi connectivity index (χ1v) is 12.6. The third kappa shape index (κ3) is 6.12. The highest BCUT2D eigenvalue weighted by atomic mass is 28.4. The largest absolute Gasteiger partial charge is 0.393 e. The number of ether oxygens (including phenoxy) is 1. The van der Waals surface area contributed by atoms with Crippen molar-refractivity contribution in [3.63, 3.8) is 0 Å². The summed E-state index contributed by atoms with van der Waals surface area (Å²) >= 11 is 0. The molecular formula is C20H42O3Si. The number of rotatable bonds is 14. The topological polar surface area (TPSA) is 27.7 Å². The maximum Gasteiger partial charge on any atom is 0.371 e. The minimum Gasteiger partial charge on any atom is -0.393 e. The van der Waals surface area contributed by atoms with Crippen LogP contribution >= 0.6 is 0 Å². The van der Waals surface area contributed by atoms with Crippen LogP contribution in [0, 0.1) is 0 Å². The number of hydrogen-bond acceptors (Lipinski definition) is 3. The minimum atomic E-state index is -2.29. The van der Waals surface area contributed by atoms with Gasteiger partial charge >= 0.3 is 8.56 Å². The smallest absolute Gasteiger partial charge is 0.371 e. The van der Waals surface area contributed by atoms with Gasteiger partial charge in [0.2, 0.25) is 0 Å². The van der Waals surface area contributed by atoms with Gasteiger partial charge in [0.05, 0.1) is 0 Å². The Bertz CT molecular complexity index is 296. The van der Waals surface area contributed by atoms with Crippen LogP contribution in [0.1, 0.15) is 98.3 Å². The molecule has 1 fully saturated rings. The predicted octanol–water partition coefficient (Wildman–Crippen LogP) is 6.14. The maximum absolute atomic E-state index is 6.45. The number of unbranched alkanes of at least 4 members (excludes halogenated alkanes) is 6. The molecule has 1 heterocycles. The van der Waals surface area contributed by atoms with Gasteiger partial charge in [-0.25, -0.2) is 0 Å². The van der Waals surface area contributed by atoms with Crippen LogP contribution in [0.2, 0.25) is 6.04 Å². The van der Waals surface area contributed by atoms with Crippen LogP contribution < -0.4 is 0 Å². The molecule has 1 atom stereocenters. The van der Waals surface area contributed by atoms with Crippen molar-refractivity contribution in [1.82, 2.24) is 0 Å². The molecule has 1 aliphatic rings. The Morgan fingerprint density at radius 3 is 1.96 bits per heavy atom. The third-order valence-electron chi connectivity index (χ3n) is 5.39. The van der Waals surface area contributed by atoms with E-state index >= 15 is 0 Å². The van der Waals surface area contributed by atoms with Crippen LogP contribution in [0.4, 0.5) is 0 Å². The van der Waals surface area contributed by atoms with Crippen LogP contribution in [-0.4, -0.2) is 33.6 Å². The summed E-state index contributed by atoms with van der Waals surface area (Å²) in [5.41, 5.74) is 0. The molecule has 0 aromatic carbocycles. The first kappa shape index (κ1) is 22.1. The zero-order valence-corrected chi connectivity index (χ0v) is 17.8. The molecular weight excluding hydrogens is 316 g/mol. The van der Waals surface area contributed by atoms with Gasteiger partial charge in [-0.3, -0.25) is 0 Å². The van der Waals surface area contributed by atoms with Gasteiger partial charge in [-0.15, -0.1) is 0 Å². The highest BCUT2D eigenvalue weighted by molar-refractivity contribution is 6.70. The predicted molar refractivity (Wildman–Crippen MR) is 105 cm³/mol. The van der Waals surface area contributed by atoms with Gasteiger partial charge in [-0.1, -0.05) is 64.7 Å². The highest BCUT2D eigenvalue weighted by Crippen LogP contribution is 2.44. The maximum atomic E-state index is 6.45. The van der Waals surface area contributed by atoms with E-state index < -0.39 is 8.56 Å². The molecule has 144 valence electrons. The normalized spacial score (nSPS) is 23.5. The zero-order chi connectivity index (χ0) is 17.7. The molecule has 0 aromatic heterocycles. The second kappa shape index (κ2) is 12.5. The standard InChI is InChI=1S/C20H42O3Si/c1-5-9-10-11-12-13-14-17-20(21-6-2)18-15-16-19-24(20,22-7-3)23-8-4/h5-19H2,1-4H3. The van der Waals surface area contributed by atoms with E-state index in [9.17, 15) is 0 Å². The minimum absolute atomic E-state index is 0.116. The highest BCUT2D eigenvalue weighted by Gasteiger charge is 2.59. The fraction of sp³-hybridized carbons (Fsp3) is 1.00. The van der Waals surface area contributed by atoms with Crippen molar-refractivity contribution < 1.29 is 13.6 Å². The van der Waals surface area contributed by atoms with E-state index in [0.717, 1.165) is 38.7 Å². The van der Waals surface area contributed by atoms with Crippen molar-refractivity contribution in [3.8, 4) is 0 Å². The van der Waals surface area contributed by atoms with E-state index in [0.29, 0.717) is 0 Å². The summed E-state index contributed by atoms with van der Waals surface area (Å²) < 4.78 is 19.2. The van der Waals surface area contributed by atoms with Crippen LogP contribution in [0.25, 0.3) is 0 Å². The van der Waals surface area contributed by atoms with Crippen molar-refractivity contribution in [3.05, 3.63) is 0 Å². The Morgan fingerprint density at radius 1 is 0.750 bits per heavy atom. The van der Waals surface area contributed by atoms with Gasteiger partial charge in [0, 0.05) is 19.8 Å². The van der Waals surface area contributed by atoms with Crippen LogP contribution in [0.15, 0.2) is 0 Å². The summed E-state index contributed by atoms with van der Waals surface area (Å²) in [6.07, 6.45) is 14.2. The van der Waals surface area contributed by atoms with E-state index in [1.54, 1.807) is 0 Å². The Morgan fingerprint density at radius 2 is 1.38 bits per heavy atom. The molecule has 0 N–H and O–H groups in total. The molecule has 4 heteroatoms. The van der Waals surface area contributed by atoms with Crippen molar-refractivity contribution in [2.45, 2.75) is 110 Å². The lowest BCUT2D eigenvalue weighted by atomic mass is 10.0. The number of hydrogen-bond donors (Lipinski definition) is 0. The van der Waals surface area contributed by atoms with E-state index in [2.05, 4.69) is 27.7 Å². The van der Waals surface area contributed by atoms with Gasteiger partial charge in [-0.2, -0.15) is 0 Å². The summed E-state index contributed by atoms with van der Waals surface area (Å²) in [4.78, 5) is 0. The lowest BCUT2D eigenvalue weighted by molar-refractivity contribution is -0.0468.